The van der Waals surface area contributed by atoms with Crippen molar-refractivity contribution in [3.63, 3.8) is 0 Å². The summed E-state index contributed by atoms with van der Waals surface area (Å²) in [7, 11) is 2.81. The standard InChI is InChI=1S/C15H30FN2OP/c1-13(2)7-11(12(17)19-16)15(5,6)8-14(3,4)10-18(20)9-13/h11,17H,7-10,20H2,1-6H3. The number of hydrogen-bond donors (Lipinski definition) is 1. The van der Waals surface area contributed by atoms with Gasteiger partial charge in [-0.3, -0.25) is 15.0 Å². The molecule has 1 fully saturated rings. The Balaban J connectivity index is 3.18. The van der Waals surface area contributed by atoms with Gasteiger partial charge in [0, 0.05) is 23.5 Å². The second-order valence-corrected chi connectivity index (χ2v) is 9.33. The minimum absolute atomic E-state index is 0.00887. The first-order valence-corrected chi connectivity index (χ1v) is 7.77. The van der Waals surface area contributed by atoms with Crippen molar-refractivity contribution in [2.45, 2.75) is 54.4 Å². The molecule has 20 heavy (non-hydrogen) atoms. The summed E-state index contributed by atoms with van der Waals surface area (Å²) in [5.41, 5.74) is -0.0464. The van der Waals surface area contributed by atoms with E-state index in [1.807, 2.05) is 0 Å². The molecule has 1 N–H and O–H groups in total. The fraction of sp³-hybridized carbons (Fsp3) is 0.933. The normalized spacial score (nSPS) is 29.9. The molecular weight excluding hydrogens is 274 g/mol. The van der Waals surface area contributed by atoms with E-state index in [-0.39, 0.29) is 28.1 Å². The van der Waals surface area contributed by atoms with Crippen molar-refractivity contribution >= 4 is 15.3 Å². The molecule has 0 aromatic rings. The first-order chi connectivity index (χ1) is 8.88. The van der Waals surface area contributed by atoms with Crippen molar-refractivity contribution in [3.8, 4) is 0 Å². The van der Waals surface area contributed by atoms with E-state index in [4.69, 9.17) is 5.41 Å². The molecule has 0 aromatic carbocycles. The van der Waals surface area contributed by atoms with Crippen molar-refractivity contribution in [1.29, 1.82) is 5.41 Å². The lowest BCUT2D eigenvalue weighted by Crippen LogP contribution is -2.37. The molecule has 0 aromatic heterocycles. The van der Waals surface area contributed by atoms with Gasteiger partial charge < -0.3 is 0 Å². The Labute approximate surface area is 125 Å². The molecule has 5 heteroatoms. The smallest absolute Gasteiger partial charge is 0.235 e. The summed E-state index contributed by atoms with van der Waals surface area (Å²) in [5.74, 6) is -0.422. The summed E-state index contributed by atoms with van der Waals surface area (Å²) in [5, 5.41) is 7.87. The quantitative estimate of drug-likeness (QED) is 0.441. The maximum absolute atomic E-state index is 12.6. The van der Waals surface area contributed by atoms with Crippen LogP contribution in [0.1, 0.15) is 54.4 Å². The lowest BCUT2D eigenvalue weighted by molar-refractivity contribution is -0.0443. The molecule has 0 spiro atoms. The molecule has 2 unspecified atom stereocenters. The van der Waals surface area contributed by atoms with Crippen LogP contribution in [0, 0.1) is 27.6 Å². The van der Waals surface area contributed by atoms with Crippen LogP contribution in [-0.4, -0.2) is 23.7 Å². The Morgan fingerprint density at radius 3 is 2.15 bits per heavy atom. The van der Waals surface area contributed by atoms with Crippen molar-refractivity contribution < 1.29 is 9.47 Å². The molecule has 1 rings (SSSR count). The summed E-state index contributed by atoms with van der Waals surface area (Å²) in [6, 6.07) is 0. The Morgan fingerprint density at radius 1 is 1.15 bits per heavy atom. The number of halogens is 1. The highest BCUT2D eigenvalue weighted by molar-refractivity contribution is 7.13. The summed E-state index contributed by atoms with van der Waals surface area (Å²) in [6.45, 7) is 15.0. The van der Waals surface area contributed by atoms with Gasteiger partial charge in [0.1, 0.15) is 0 Å². The third kappa shape index (κ3) is 4.66. The highest BCUT2D eigenvalue weighted by Gasteiger charge is 2.43. The van der Waals surface area contributed by atoms with Crippen LogP contribution < -0.4 is 0 Å². The van der Waals surface area contributed by atoms with E-state index in [1.165, 1.54) is 0 Å². The largest absolute Gasteiger partial charge is 0.286 e. The molecule has 1 saturated heterocycles. The molecular formula is C15H30FN2OP. The number of hydrogen-bond acceptors (Lipinski definition) is 3. The SMILES string of the molecule is CC1(C)CC(C(=N)OF)C(C)(C)CC(C)(C)CN(P)C1. The van der Waals surface area contributed by atoms with Gasteiger partial charge in [-0.2, -0.15) is 0 Å². The zero-order valence-corrected chi connectivity index (χ0v) is 14.9. The van der Waals surface area contributed by atoms with E-state index in [2.05, 4.69) is 60.5 Å². The Bertz CT molecular complexity index is 369. The van der Waals surface area contributed by atoms with E-state index < -0.39 is 0 Å². The van der Waals surface area contributed by atoms with E-state index >= 15 is 0 Å². The average molecular weight is 304 g/mol. The van der Waals surface area contributed by atoms with Crippen molar-refractivity contribution in [3.05, 3.63) is 0 Å². The summed E-state index contributed by atoms with van der Waals surface area (Å²) in [4.78, 5) is 3.82. The van der Waals surface area contributed by atoms with Crippen LogP contribution in [0.4, 0.5) is 4.53 Å². The molecule has 2 atom stereocenters. The van der Waals surface area contributed by atoms with Gasteiger partial charge in [-0.15, -0.1) is 0 Å². The molecule has 0 radical (unpaired) electrons. The first-order valence-electron chi connectivity index (χ1n) is 7.25. The van der Waals surface area contributed by atoms with Crippen LogP contribution in [0.2, 0.25) is 0 Å². The molecule has 0 aliphatic carbocycles. The Kier molecular flexibility index (Phi) is 5.25. The van der Waals surface area contributed by atoms with E-state index in [0.717, 1.165) is 25.9 Å². The second-order valence-electron chi connectivity index (χ2n) is 8.60. The molecule has 1 heterocycles. The van der Waals surface area contributed by atoms with Gasteiger partial charge in [-0.05, 0) is 29.1 Å². The van der Waals surface area contributed by atoms with Crippen molar-refractivity contribution in [2.24, 2.45) is 22.2 Å². The lowest BCUT2D eigenvalue weighted by Gasteiger charge is -2.40. The zero-order valence-electron chi connectivity index (χ0n) is 13.7. The van der Waals surface area contributed by atoms with Crippen LogP contribution >= 0.6 is 9.39 Å². The van der Waals surface area contributed by atoms with Crippen LogP contribution in [0.5, 0.6) is 0 Å². The predicted octanol–water partition coefficient (Wildman–Crippen LogP) is 4.45. The monoisotopic (exact) mass is 304 g/mol. The van der Waals surface area contributed by atoms with Gasteiger partial charge in [-0.1, -0.05) is 50.9 Å². The highest BCUT2D eigenvalue weighted by Crippen LogP contribution is 2.47. The number of nitrogens with one attached hydrogen (secondary N) is 1. The van der Waals surface area contributed by atoms with Gasteiger partial charge >= 0.3 is 0 Å². The first kappa shape index (κ1) is 17.8. The fourth-order valence-electron chi connectivity index (χ4n) is 3.96. The van der Waals surface area contributed by atoms with E-state index in [0.29, 0.717) is 0 Å². The van der Waals surface area contributed by atoms with Gasteiger partial charge in [0.15, 0.2) is 0 Å². The number of nitrogens with zero attached hydrogens (tertiary/aromatic N) is 1. The minimum atomic E-state index is -0.226. The Hall–Kier alpha value is -0.210. The third-order valence-electron chi connectivity index (χ3n) is 4.30. The van der Waals surface area contributed by atoms with Gasteiger partial charge in [0.25, 0.3) is 0 Å². The van der Waals surface area contributed by atoms with Crippen molar-refractivity contribution in [1.82, 2.24) is 4.67 Å². The summed E-state index contributed by atoms with van der Waals surface area (Å²) < 4.78 is 14.9. The van der Waals surface area contributed by atoms with Crippen LogP contribution in [-0.2, 0) is 4.94 Å². The molecule has 0 saturated carbocycles. The summed E-state index contributed by atoms with van der Waals surface area (Å²) >= 11 is 0. The topological polar surface area (TPSA) is 36.3 Å². The third-order valence-corrected chi connectivity index (χ3v) is 4.66. The van der Waals surface area contributed by atoms with E-state index in [9.17, 15) is 4.53 Å². The molecule has 118 valence electrons. The minimum Gasteiger partial charge on any atom is -0.286 e. The number of rotatable bonds is 1. The molecule has 3 nitrogen and oxygen atoms in total. The van der Waals surface area contributed by atoms with Crippen LogP contribution in [0.15, 0.2) is 0 Å². The average Bonchev–Trinajstić information content (AvgIpc) is 2.22. The van der Waals surface area contributed by atoms with E-state index in [1.54, 1.807) is 0 Å². The summed E-state index contributed by atoms with van der Waals surface area (Å²) in [6.07, 6.45) is 1.68. The predicted molar refractivity (Wildman–Crippen MR) is 85.3 cm³/mol. The highest BCUT2D eigenvalue weighted by atomic mass is 31.0. The van der Waals surface area contributed by atoms with Crippen molar-refractivity contribution in [2.75, 3.05) is 13.1 Å². The fourth-order valence-corrected chi connectivity index (χ4v) is 4.95. The zero-order chi connectivity index (χ0) is 15.8. The molecule has 0 amide bonds. The van der Waals surface area contributed by atoms with Gasteiger partial charge in [0.05, 0.1) is 0 Å². The van der Waals surface area contributed by atoms with Crippen LogP contribution in [0.25, 0.3) is 0 Å². The van der Waals surface area contributed by atoms with Gasteiger partial charge in [0.2, 0.25) is 5.90 Å². The van der Waals surface area contributed by atoms with Crippen LogP contribution in [0.3, 0.4) is 0 Å². The molecule has 1 aliphatic rings. The Morgan fingerprint density at radius 2 is 1.65 bits per heavy atom. The second kappa shape index (κ2) is 5.88. The maximum atomic E-state index is 12.6. The molecule has 0 bridgehead atoms. The lowest BCUT2D eigenvalue weighted by atomic mass is 9.65. The van der Waals surface area contributed by atoms with Gasteiger partial charge in [-0.25, -0.2) is 0 Å². The molecule has 1 aliphatic heterocycles. The maximum Gasteiger partial charge on any atom is 0.235 e.